The van der Waals surface area contributed by atoms with Crippen LogP contribution in [0.4, 0.5) is 0 Å². The first kappa shape index (κ1) is 9.32. The lowest BCUT2D eigenvalue weighted by atomic mass is 9.97. The summed E-state index contributed by atoms with van der Waals surface area (Å²) in [5.74, 6) is 0. The van der Waals surface area contributed by atoms with Gasteiger partial charge in [-0.2, -0.15) is 0 Å². The van der Waals surface area contributed by atoms with Crippen molar-refractivity contribution in [3.8, 4) is 0 Å². The molecule has 1 aromatic rings. The van der Waals surface area contributed by atoms with E-state index in [9.17, 15) is 0 Å². The molecule has 2 rings (SSSR count). The first-order chi connectivity index (χ1) is 6.68. The van der Waals surface area contributed by atoms with E-state index < -0.39 is 0 Å². The van der Waals surface area contributed by atoms with Crippen molar-refractivity contribution in [3.05, 3.63) is 41.6 Å². The summed E-state index contributed by atoms with van der Waals surface area (Å²) in [6, 6.07) is 9.25. The summed E-state index contributed by atoms with van der Waals surface area (Å²) in [6.45, 7) is 7.70. The zero-order valence-electron chi connectivity index (χ0n) is 9.12. The van der Waals surface area contributed by atoms with Crippen molar-refractivity contribution in [2.45, 2.75) is 33.4 Å². The number of hydrogen-bond acceptors (Lipinski definition) is 1. The highest BCUT2D eigenvalue weighted by Gasteiger charge is 2.15. The van der Waals surface area contributed by atoms with Crippen LogP contribution in [0.5, 0.6) is 0 Å². The number of hydrogen-bond donors (Lipinski definition) is 0. The molecule has 1 heteroatoms. The molecule has 0 aromatic heterocycles. The van der Waals surface area contributed by atoms with E-state index in [1.54, 1.807) is 0 Å². The molecular formula is C13H17N. The molecule has 0 bridgehead atoms. The van der Waals surface area contributed by atoms with Crippen LogP contribution in [0.25, 0.3) is 5.57 Å². The van der Waals surface area contributed by atoms with Crippen LogP contribution in [0, 0.1) is 0 Å². The van der Waals surface area contributed by atoms with Gasteiger partial charge >= 0.3 is 0 Å². The minimum absolute atomic E-state index is 0.582. The van der Waals surface area contributed by atoms with E-state index in [0.717, 1.165) is 6.54 Å². The van der Waals surface area contributed by atoms with Crippen LogP contribution < -0.4 is 0 Å². The predicted octanol–water partition coefficient (Wildman–Crippen LogP) is 3.27. The number of allylic oxidation sites excluding steroid dienone is 1. The molecule has 0 saturated carbocycles. The highest BCUT2D eigenvalue weighted by molar-refractivity contribution is 5.67. The summed E-state index contributed by atoms with van der Waals surface area (Å²) >= 11 is 0. The molecule has 0 aliphatic carbocycles. The lowest BCUT2D eigenvalue weighted by Gasteiger charge is -2.31. The number of rotatable bonds is 1. The summed E-state index contributed by atoms with van der Waals surface area (Å²) in [7, 11) is 0. The molecule has 0 atom stereocenters. The minimum Gasteiger partial charge on any atom is -0.370 e. The Bertz CT molecular complexity index is 363. The Morgan fingerprint density at radius 2 is 1.93 bits per heavy atom. The maximum atomic E-state index is 2.39. The summed E-state index contributed by atoms with van der Waals surface area (Å²) in [6.07, 6.45) is 2.27. The van der Waals surface area contributed by atoms with Gasteiger partial charge in [0, 0.05) is 18.8 Å². The third-order valence-electron chi connectivity index (χ3n) is 2.82. The normalized spacial score (nSPS) is 15.4. The molecule has 1 nitrogen and oxygen atoms in total. The summed E-state index contributed by atoms with van der Waals surface area (Å²) < 4.78 is 0. The van der Waals surface area contributed by atoms with Gasteiger partial charge in [0.25, 0.3) is 0 Å². The Balaban J connectivity index is 2.39. The van der Waals surface area contributed by atoms with E-state index in [1.807, 2.05) is 0 Å². The van der Waals surface area contributed by atoms with Gasteiger partial charge in [0.15, 0.2) is 0 Å². The Kier molecular flexibility index (Phi) is 2.32. The van der Waals surface area contributed by atoms with Crippen molar-refractivity contribution in [1.29, 1.82) is 0 Å². The van der Waals surface area contributed by atoms with Crippen LogP contribution in [0.3, 0.4) is 0 Å². The minimum atomic E-state index is 0.582. The zero-order chi connectivity index (χ0) is 10.1. The van der Waals surface area contributed by atoms with Crippen LogP contribution in [-0.4, -0.2) is 10.9 Å². The average molecular weight is 187 g/mol. The monoisotopic (exact) mass is 187 g/mol. The van der Waals surface area contributed by atoms with Gasteiger partial charge < -0.3 is 4.90 Å². The van der Waals surface area contributed by atoms with Crippen LogP contribution in [-0.2, 0) is 6.54 Å². The van der Waals surface area contributed by atoms with Crippen LogP contribution in [0.2, 0.25) is 0 Å². The maximum Gasteiger partial charge on any atom is 0.0433 e. The molecule has 0 amide bonds. The van der Waals surface area contributed by atoms with Crippen LogP contribution in [0.15, 0.2) is 30.5 Å². The first-order valence-corrected chi connectivity index (χ1v) is 5.21. The van der Waals surface area contributed by atoms with Crippen molar-refractivity contribution in [1.82, 2.24) is 4.90 Å². The molecular weight excluding hydrogens is 170 g/mol. The number of nitrogens with zero attached hydrogens (tertiary/aromatic N) is 1. The Hall–Kier alpha value is -1.24. The molecule has 0 fully saturated rings. The van der Waals surface area contributed by atoms with Gasteiger partial charge in [-0.1, -0.05) is 24.3 Å². The summed E-state index contributed by atoms with van der Waals surface area (Å²) in [5.41, 5.74) is 4.23. The van der Waals surface area contributed by atoms with Gasteiger partial charge in [0.1, 0.15) is 0 Å². The highest BCUT2D eigenvalue weighted by atomic mass is 15.1. The van der Waals surface area contributed by atoms with E-state index in [2.05, 4.69) is 56.1 Å². The van der Waals surface area contributed by atoms with Crippen LogP contribution >= 0.6 is 0 Å². The van der Waals surface area contributed by atoms with E-state index in [1.165, 1.54) is 16.7 Å². The molecule has 0 radical (unpaired) electrons. The van der Waals surface area contributed by atoms with Gasteiger partial charge in [-0.25, -0.2) is 0 Å². The second kappa shape index (κ2) is 3.49. The van der Waals surface area contributed by atoms with Gasteiger partial charge in [0.2, 0.25) is 0 Å². The molecule has 1 heterocycles. The van der Waals surface area contributed by atoms with Crippen molar-refractivity contribution >= 4 is 5.57 Å². The highest BCUT2D eigenvalue weighted by Crippen LogP contribution is 2.26. The molecule has 1 aliphatic heterocycles. The molecule has 0 saturated heterocycles. The second-order valence-corrected chi connectivity index (χ2v) is 4.24. The van der Waals surface area contributed by atoms with E-state index in [4.69, 9.17) is 0 Å². The molecule has 1 aromatic carbocycles. The second-order valence-electron chi connectivity index (χ2n) is 4.24. The third kappa shape index (κ3) is 1.54. The topological polar surface area (TPSA) is 3.24 Å². The lowest BCUT2D eigenvalue weighted by molar-refractivity contribution is 0.300. The smallest absolute Gasteiger partial charge is 0.0433 e. The van der Waals surface area contributed by atoms with Gasteiger partial charge in [-0.15, -0.1) is 0 Å². The molecule has 0 unspecified atom stereocenters. The molecule has 0 spiro atoms. The molecule has 14 heavy (non-hydrogen) atoms. The zero-order valence-corrected chi connectivity index (χ0v) is 9.12. The van der Waals surface area contributed by atoms with E-state index >= 15 is 0 Å². The van der Waals surface area contributed by atoms with E-state index in [0.29, 0.717) is 6.04 Å². The van der Waals surface area contributed by atoms with Gasteiger partial charge in [-0.05, 0) is 37.5 Å². The van der Waals surface area contributed by atoms with Gasteiger partial charge in [0.05, 0.1) is 0 Å². The van der Waals surface area contributed by atoms with Crippen molar-refractivity contribution in [3.63, 3.8) is 0 Å². The standard InChI is InChI=1S/C13H17N/c1-10(2)14-8-11(3)13-7-5-4-6-12(13)9-14/h4-8,10H,9H2,1-3H3. The molecule has 74 valence electrons. The number of benzene rings is 1. The number of fused-ring (bicyclic) bond motifs is 1. The largest absolute Gasteiger partial charge is 0.370 e. The average Bonchev–Trinajstić information content (AvgIpc) is 2.17. The first-order valence-electron chi connectivity index (χ1n) is 5.21. The van der Waals surface area contributed by atoms with Crippen LogP contribution in [0.1, 0.15) is 31.9 Å². The Labute approximate surface area is 86.1 Å². The predicted molar refractivity (Wildman–Crippen MR) is 60.8 cm³/mol. The lowest BCUT2D eigenvalue weighted by Crippen LogP contribution is -2.27. The fourth-order valence-electron chi connectivity index (χ4n) is 1.94. The van der Waals surface area contributed by atoms with Crippen molar-refractivity contribution in [2.75, 3.05) is 0 Å². The molecule has 1 aliphatic rings. The van der Waals surface area contributed by atoms with Gasteiger partial charge in [-0.3, -0.25) is 0 Å². The van der Waals surface area contributed by atoms with Crippen molar-refractivity contribution in [2.24, 2.45) is 0 Å². The molecule has 0 N–H and O–H groups in total. The quantitative estimate of drug-likeness (QED) is 0.652. The Morgan fingerprint density at radius 3 is 2.64 bits per heavy atom. The maximum absolute atomic E-state index is 2.39. The Morgan fingerprint density at radius 1 is 1.21 bits per heavy atom. The fraction of sp³-hybridized carbons (Fsp3) is 0.385. The SMILES string of the molecule is CC1=CN(C(C)C)Cc2ccccc21. The van der Waals surface area contributed by atoms with E-state index in [-0.39, 0.29) is 0 Å². The van der Waals surface area contributed by atoms with Crippen molar-refractivity contribution < 1.29 is 0 Å². The third-order valence-corrected chi connectivity index (χ3v) is 2.82. The summed E-state index contributed by atoms with van der Waals surface area (Å²) in [4.78, 5) is 2.39. The summed E-state index contributed by atoms with van der Waals surface area (Å²) in [5, 5.41) is 0. The fourth-order valence-corrected chi connectivity index (χ4v) is 1.94.